The minimum Gasteiger partial charge on any atom is -0.511 e. The summed E-state index contributed by atoms with van der Waals surface area (Å²) in [7, 11) is 5.80. The maximum absolute atomic E-state index is 12.5. The highest BCUT2D eigenvalue weighted by molar-refractivity contribution is 8.76. The van der Waals surface area contributed by atoms with E-state index in [2.05, 4.69) is 61.4 Å². The van der Waals surface area contributed by atoms with Gasteiger partial charge < -0.3 is 46.1 Å². The van der Waals surface area contributed by atoms with Gasteiger partial charge in [0.05, 0.1) is 12.6 Å². The van der Waals surface area contributed by atoms with Crippen LogP contribution in [-0.2, 0) is 33.4 Å². The zero-order chi connectivity index (χ0) is 54.7. The van der Waals surface area contributed by atoms with Gasteiger partial charge in [-0.05, 0) is 102 Å². The van der Waals surface area contributed by atoms with Gasteiger partial charge in [-0.3, -0.25) is 29.1 Å². The Morgan fingerprint density at radius 3 is 1.43 bits per heavy atom. The molecule has 3 atom stereocenters. The first-order valence-corrected chi connectivity index (χ1v) is 32.1. The van der Waals surface area contributed by atoms with Crippen LogP contribution >= 0.6 is 42.7 Å². The van der Waals surface area contributed by atoms with E-state index >= 15 is 0 Å². The summed E-state index contributed by atoms with van der Waals surface area (Å²) in [6.07, 6.45) is 35.1. The predicted octanol–water partition coefficient (Wildman–Crippen LogP) is 11.8. The Labute approximate surface area is 453 Å². The molecular weight excluding hydrogens is 994 g/mol. The third-order valence-electron chi connectivity index (χ3n) is 11.0. The number of thioether (sulfide) groups is 1. The predicted molar refractivity (Wildman–Crippen MR) is 312 cm³/mol. The molecule has 3 amide bonds. The molecule has 72 heavy (non-hydrogen) atoms. The molecule has 19 heteroatoms. The molecule has 0 fully saturated rings. The maximum atomic E-state index is 12.5. The first-order valence-electron chi connectivity index (χ1n) is 26.9. The van der Waals surface area contributed by atoms with E-state index in [0.717, 1.165) is 102 Å². The first-order chi connectivity index (χ1) is 34.8. The number of nitrogens with one attached hydrogen (secondary N) is 5. The summed E-state index contributed by atoms with van der Waals surface area (Å²) < 4.78 is 11.1. The average Bonchev–Trinajstić information content (AvgIpc) is 3.35. The van der Waals surface area contributed by atoms with E-state index in [0.29, 0.717) is 52.2 Å². The number of carboxylic acid groups (broad SMARTS) is 2. The minimum atomic E-state index is -0.841. The third-order valence-corrected chi connectivity index (χ3v) is 12.7. The Hall–Kier alpha value is -2.21. The van der Waals surface area contributed by atoms with Crippen LogP contribution in [0.4, 0.5) is 0 Å². The van der Waals surface area contributed by atoms with Crippen LogP contribution in [0.15, 0.2) is 24.6 Å². The number of carbonyl (C=O) groups excluding carboxylic acids is 3. The highest BCUT2D eigenvalue weighted by Crippen LogP contribution is 2.15. The second-order valence-corrected chi connectivity index (χ2v) is 21.2. The fourth-order valence-corrected chi connectivity index (χ4v) is 7.26. The number of rotatable bonds is 49. The largest absolute Gasteiger partial charge is 0.511 e. The van der Waals surface area contributed by atoms with Crippen LogP contribution in [0.5, 0.6) is 0 Å². The SMILES string of the molecule is C=C(CCCCOCCNC(=O)COCCCCCNC(=O)CCC(NC(=O)CCCCCCCCCCCCCCCCCCC(=O)O)C(=C)O)NCCCCC(NP)C(=O)O.CC.CSC.CSSC. The molecule has 0 bridgehead atoms. The summed E-state index contributed by atoms with van der Waals surface area (Å²) >= 11 is 1.75. The van der Waals surface area contributed by atoms with Crippen molar-refractivity contribution in [1.82, 2.24) is 26.4 Å². The zero-order valence-corrected chi connectivity index (χ0v) is 49.6. The van der Waals surface area contributed by atoms with Gasteiger partial charge in [0, 0.05) is 57.8 Å². The van der Waals surface area contributed by atoms with Gasteiger partial charge in [0.2, 0.25) is 17.7 Å². The van der Waals surface area contributed by atoms with Crippen LogP contribution in [-0.4, -0.2) is 128 Å². The van der Waals surface area contributed by atoms with Crippen molar-refractivity contribution in [2.24, 2.45) is 0 Å². The van der Waals surface area contributed by atoms with Crippen molar-refractivity contribution in [1.29, 1.82) is 0 Å². The van der Waals surface area contributed by atoms with Crippen LogP contribution in [0.3, 0.4) is 0 Å². The Bertz CT molecular complexity index is 1290. The topological polar surface area (TPSA) is 225 Å². The quantitative estimate of drug-likeness (QED) is 0.0123. The van der Waals surface area contributed by atoms with Crippen molar-refractivity contribution < 1.29 is 48.8 Å². The molecule has 0 aromatic rings. The number of aliphatic carboxylic acids is 2. The summed E-state index contributed by atoms with van der Waals surface area (Å²) in [5.74, 6) is -2.16. The van der Waals surface area contributed by atoms with Crippen LogP contribution in [0.1, 0.15) is 200 Å². The first kappa shape index (κ1) is 76.3. The number of carbonyl (C=O) groups is 5. The number of aliphatic hydroxyl groups is 1. The van der Waals surface area contributed by atoms with E-state index in [1.165, 1.54) is 64.2 Å². The maximum Gasteiger partial charge on any atom is 0.320 e. The summed E-state index contributed by atoms with van der Waals surface area (Å²) in [4.78, 5) is 58.4. The van der Waals surface area contributed by atoms with Gasteiger partial charge in [-0.2, -0.15) is 11.8 Å². The van der Waals surface area contributed by atoms with E-state index in [1.807, 2.05) is 26.4 Å². The summed E-state index contributed by atoms with van der Waals surface area (Å²) in [6, 6.07) is -1.19. The number of unbranched alkanes of at least 4 members (excludes halogenated alkanes) is 19. The molecular formula is C53H106N5O10PS3. The van der Waals surface area contributed by atoms with Crippen molar-refractivity contribution in [2.75, 3.05) is 71.1 Å². The normalized spacial score (nSPS) is 11.3. The summed E-state index contributed by atoms with van der Waals surface area (Å²) in [5.41, 5.74) is 0.965. The zero-order valence-electron chi connectivity index (χ0n) is 46.0. The fourth-order valence-electron chi connectivity index (χ4n) is 6.95. The lowest BCUT2D eigenvalue weighted by Crippen LogP contribution is -2.37. The molecule has 8 N–H and O–H groups in total. The van der Waals surface area contributed by atoms with Gasteiger partial charge in [0.25, 0.3) is 0 Å². The Balaban J connectivity index is -0.00000237. The molecule has 0 aliphatic rings. The number of aliphatic hydroxyl groups excluding tert-OH is 1. The van der Waals surface area contributed by atoms with Crippen molar-refractivity contribution >= 4 is 72.4 Å². The molecule has 0 aliphatic heterocycles. The number of carboxylic acids is 2. The van der Waals surface area contributed by atoms with Crippen LogP contribution in [0.25, 0.3) is 0 Å². The van der Waals surface area contributed by atoms with Crippen molar-refractivity contribution in [3.05, 3.63) is 24.6 Å². The second-order valence-electron chi connectivity index (χ2n) is 17.4. The molecule has 15 nitrogen and oxygen atoms in total. The average molecular weight is 1100 g/mol. The number of ether oxygens (including phenoxy) is 2. The van der Waals surface area contributed by atoms with Crippen LogP contribution in [0, 0.1) is 0 Å². The number of amides is 3. The van der Waals surface area contributed by atoms with Gasteiger partial charge in [-0.25, -0.2) is 0 Å². The highest BCUT2D eigenvalue weighted by Gasteiger charge is 2.17. The minimum absolute atomic E-state index is 0.0144. The van der Waals surface area contributed by atoms with Crippen molar-refractivity contribution in [3.63, 3.8) is 0 Å². The third kappa shape index (κ3) is 63.9. The number of allylic oxidation sites excluding steroid dienone is 1. The number of hydrogen-bond donors (Lipinski definition) is 8. The molecule has 0 radical (unpaired) electrons. The van der Waals surface area contributed by atoms with Crippen LogP contribution < -0.4 is 26.4 Å². The summed E-state index contributed by atoms with van der Waals surface area (Å²) in [5, 5.41) is 42.2. The second kappa shape index (κ2) is 63.1. The van der Waals surface area contributed by atoms with E-state index < -0.39 is 24.0 Å². The lowest BCUT2D eigenvalue weighted by molar-refractivity contribution is -0.139. The lowest BCUT2D eigenvalue weighted by Gasteiger charge is -2.17. The molecule has 0 aliphatic carbocycles. The van der Waals surface area contributed by atoms with Gasteiger partial charge >= 0.3 is 11.9 Å². The van der Waals surface area contributed by atoms with E-state index in [4.69, 9.17) is 19.7 Å². The number of hydrogen-bond acceptors (Lipinski definition) is 13. The monoisotopic (exact) mass is 1100 g/mol. The Kier molecular flexibility index (Phi) is 66.9. The van der Waals surface area contributed by atoms with Gasteiger partial charge in [-0.1, -0.05) is 148 Å². The fraction of sp³-hybridized carbons (Fsp3) is 0.830. The standard InChI is InChI=1S/C47H88N5O10P.C2H6S2.C2H6S.C2H6/c1-39(48-32-23-20-27-42(52-63)47(59)60)26-21-25-35-61-37-34-50-45(56)38-62-36-24-17-22-33-49-43(54)31-30-41(40(2)53)51-44(55)28-18-15-13-11-9-7-5-3-4-6-8-10-12-14-16-19-29-46(57)58;1-3-4-2;1-3-2;1-2/h41-42,48,52-53H,1-38,63H2,(H,49,54)(H,50,56)(H,51,55)(H,57,58)(H,59,60);1-2H3;1-2H3;1-2H3. The molecule has 0 saturated carbocycles. The van der Waals surface area contributed by atoms with Crippen molar-refractivity contribution in [2.45, 2.75) is 212 Å². The summed E-state index contributed by atoms with van der Waals surface area (Å²) in [6.45, 7) is 14.8. The van der Waals surface area contributed by atoms with E-state index in [9.17, 15) is 29.1 Å². The van der Waals surface area contributed by atoms with E-state index in [1.54, 1.807) is 33.3 Å². The molecule has 0 aromatic heterocycles. The highest BCUT2D eigenvalue weighted by atomic mass is 33.1. The Morgan fingerprint density at radius 2 is 0.931 bits per heavy atom. The lowest BCUT2D eigenvalue weighted by atomic mass is 10.0. The van der Waals surface area contributed by atoms with Gasteiger partial charge in [0.15, 0.2) is 0 Å². The molecule has 426 valence electrons. The van der Waals surface area contributed by atoms with Gasteiger partial charge in [-0.15, -0.1) is 0 Å². The molecule has 0 spiro atoms. The Morgan fingerprint density at radius 1 is 0.486 bits per heavy atom. The van der Waals surface area contributed by atoms with Crippen LogP contribution in [0.2, 0.25) is 0 Å². The van der Waals surface area contributed by atoms with Gasteiger partial charge in [0.1, 0.15) is 18.4 Å². The van der Waals surface area contributed by atoms with E-state index in [-0.39, 0.29) is 42.9 Å². The molecule has 0 rings (SSSR count). The molecule has 0 saturated heterocycles. The molecule has 0 aromatic carbocycles. The molecule has 3 unspecified atom stereocenters. The molecule has 0 heterocycles. The smallest absolute Gasteiger partial charge is 0.320 e. The van der Waals surface area contributed by atoms with Crippen molar-refractivity contribution in [3.8, 4) is 0 Å².